The second kappa shape index (κ2) is 12.4. The fourth-order valence-corrected chi connectivity index (χ4v) is 6.55. The van der Waals surface area contributed by atoms with Crippen LogP contribution in [0.1, 0.15) is 48.9 Å². The van der Waals surface area contributed by atoms with E-state index in [4.69, 9.17) is 4.98 Å². The lowest BCUT2D eigenvalue weighted by Gasteiger charge is -2.34. The Morgan fingerprint density at radius 3 is 2.63 bits per heavy atom. The first-order chi connectivity index (χ1) is 19.7. The SMILES string of the molecule is CCc1c(NC[C@H](NS(=O)(=O)c2ccc(F)cc2)C(=O)O)ncnc1N1CCC(c2ccc3c(n2)NCCC3)CC1. The molecule has 3 aromatic rings. The third-order valence-corrected chi connectivity index (χ3v) is 9.09. The molecule has 4 N–H and O–H groups in total. The fraction of sp³-hybridized carbons (Fsp3) is 0.429. The average Bonchev–Trinajstić information content (AvgIpc) is 2.99. The number of nitrogens with one attached hydrogen (secondary N) is 3. The monoisotopic (exact) mass is 583 g/mol. The van der Waals surface area contributed by atoms with Gasteiger partial charge in [0, 0.05) is 43.4 Å². The van der Waals surface area contributed by atoms with Gasteiger partial charge in [0.1, 0.15) is 35.6 Å². The second-order valence-corrected chi connectivity index (χ2v) is 12.0. The number of carboxylic acid groups (broad SMARTS) is 1. The van der Waals surface area contributed by atoms with Crippen LogP contribution in [0.15, 0.2) is 47.6 Å². The van der Waals surface area contributed by atoms with Crippen LogP contribution in [0.4, 0.5) is 21.8 Å². The molecule has 218 valence electrons. The summed E-state index contributed by atoms with van der Waals surface area (Å²) in [4.78, 5) is 27.7. The van der Waals surface area contributed by atoms with Gasteiger partial charge in [-0.1, -0.05) is 13.0 Å². The molecule has 11 nitrogen and oxygen atoms in total. The summed E-state index contributed by atoms with van der Waals surface area (Å²) in [6, 6.07) is 7.03. The van der Waals surface area contributed by atoms with Crippen molar-refractivity contribution in [2.24, 2.45) is 0 Å². The Kier molecular flexibility index (Phi) is 8.64. The number of nitrogens with zero attached hydrogens (tertiary/aromatic N) is 4. The second-order valence-electron chi connectivity index (χ2n) is 10.3. The van der Waals surface area contributed by atoms with E-state index >= 15 is 0 Å². The van der Waals surface area contributed by atoms with Crippen molar-refractivity contribution >= 4 is 33.4 Å². The number of carbonyl (C=O) groups is 1. The van der Waals surface area contributed by atoms with Gasteiger partial charge >= 0.3 is 5.97 Å². The molecule has 2 aliphatic rings. The van der Waals surface area contributed by atoms with Gasteiger partial charge < -0.3 is 20.6 Å². The number of aromatic nitrogens is 3. The molecule has 0 amide bonds. The van der Waals surface area contributed by atoms with Crippen molar-refractivity contribution in [2.75, 3.05) is 41.7 Å². The maximum Gasteiger partial charge on any atom is 0.323 e. The van der Waals surface area contributed by atoms with Gasteiger partial charge in [-0.15, -0.1) is 0 Å². The Morgan fingerprint density at radius 2 is 1.93 bits per heavy atom. The number of fused-ring (bicyclic) bond motifs is 1. The molecule has 1 atom stereocenters. The molecule has 0 aliphatic carbocycles. The van der Waals surface area contributed by atoms with Crippen molar-refractivity contribution < 1.29 is 22.7 Å². The van der Waals surface area contributed by atoms with Gasteiger partial charge in [-0.3, -0.25) is 4.79 Å². The highest BCUT2D eigenvalue weighted by molar-refractivity contribution is 7.89. The first-order valence-corrected chi connectivity index (χ1v) is 15.3. The summed E-state index contributed by atoms with van der Waals surface area (Å²) >= 11 is 0. The minimum absolute atomic E-state index is 0.228. The third kappa shape index (κ3) is 6.57. The minimum Gasteiger partial charge on any atom is -0.480 e. The first-order valence-electron chi connectivity index (χ1n) is 13.8. The van der Waals surface area contributed by atoms with Crippen molar-refractivity contribution in [1.29, 1.82) is 0 Å². The molecule has 5 rings (SSSR count). The van der Waals surface area contributed by atoms with Crippen molar-refractivity contribution in [3.8, 4) is 0 Å². The predicted molar refractivity (Wildman–Crippen MR) is 153 cm³/mol. The van der Waals surface area contributed by atoms with Gasteiger partial charge in [0.25, 0.3) is 0 Å². The van der Waals surface area contributed by atoms with E-state index in [0.29, 0.717) is 18.2 Å². The number of carboxylic acids is 1. The molecule has 41 heavy (non-hydrogen) atoms. The lowest BCUT2D eigenvalue weighted by Crippen LogP contribution is -2.45. The number of aryl methyl sites for hydroxylation is 1. The van der Waals surface area contributed by atoms with Crippen molar-refractivity contribution in [3.63, 3.8) is 0 Å². The van der Waals surface area contributed by atoms with Crippen molar-refractivity contribution in [2.45, 2.75) is 55.9 Å². The zero-order chi connectivity index (χ0) is 29.0. The van der Waals surface area contributed by atoms with Gasteiger partial charge in [-0.05, 0) is 68.0 Å². The zero-order valence-electron chi connectivity index (χ0n) is 22.8. The molecule has 0 bridgehead atoms. The van der Waals surface area contributed by atoms with E-state index in [1.165, 1.54) is 11.9 Å². The Hall–Kier alpha value is -3.84. The Morgan fingerprint density at radius 1 is 1.17 bits per heavy atom. The molecule has 1 aromatic carbocycles. The zero-order valence-corrected chi connectivity index (χ0v) is 23.6. The van der Waals surface area contributed by atoms with Gasteiger partial charge in [-0.2, -0.15) is 4.72 Å². The highest BCUT2D eigenvalue weighted by Gasteiger charge is 2.28. The molecule has 2 aromatic heterocycles. The number of hydrogen-bond donors (Lipinski definition) is 4. The maximum atomic E-state index is 13.2. The number of aliphatic carboxylic acids is 1. The van der Waals surface area contributed by atoms with Crippen LogP contribution < -0.4 is 20.3 Å². The van der Waals surface area contributed by atoms with Crippen molar-refractivity contribution in [1.82, 2.24) is 19.7 Å². The largest absolute Gasteiger partial charge is 0.480 e. The van der Waals surface area contributed by atoms with Crippen LogP contribution in [0.3, 0.4) is 0 Å². The highest BCUT2D eigenvalue weighted by atomic mass is 32.2. The average molecular weight is 584 g/mol. The molecule has 0 spiro atoms. The standard InChI is InChI=1S/C28H34FN7O4S/c1-2-22-26(31-16-24(28(37)38)35-41(39,40)21-8-6-20(29)7-9-21)32-17-33-27(22)36-14-11-18(12-15-36)23-10-5-19-4-3-13-30-25(19)34-23/h5-10,17-18,24,35H,2-4,11-16H2,1H3,(H,30,34)(H,37,38)(H,31,32,33)/t24-/m0/s1. The van der Waals surface area contributed by atoms with E-state index in [9.17, 15) is 22.7 Å². The van der Waals surface area contributed by atoms with E-state index in [-0.39, 0.29) is 11.4 Å². The molecule has 13 heteroatoms. The summed E-state index contributed by atoms with van der Waals surface area (Å²) in [5.74, 6) is 0.648. The molecular formula is C28H34FN7O4S. The third-order valence-electron chi connectivity index (χ3n) is 7.60. The fourth-order valence-electron chi connectivity index (χ4n) is 5.36. The van der Waals surface area contributed by atoms with Gasteiger partial charge in [0.15, 0.2) is 0 Å². The molecule has 0 radical (unpaired) electrons. The summed E-state index contributed by atoms with van der Waals surface area (Å²) in [6.45, 7) is 4.25. The molecule has 0 saturated carbocycles. The number of sulfonamides is 1. The summed E-state index contributed by atoms with van der Waals surface area (Å²) in [5, 5.41) is 16.1. The highest BCUT2D eigenvalue weighted by Crippen LogP contribution is 2.33. The Balaban J connectivity index is 1.25. The van der Waals surface area contributed by atoms with E-state index in [1.807, 2.05) is 6.92 Å². The first kappa shape index (κ1) is 28.7. The topological polar surface area (TPSA) is 149 Å². The van der Waals surface area contributed by atoms with E-state index < -0.39 is 27.9 Å². The molecule has 4 heterocycles. The summed E-state index contributed by atoms with van der Waals surface area (Å²) in [5.41, 5.74) is 3.22. The molecule has 0 unspecified atom stereocenters. The number of pyridine rings is 1. The number of anilines is 3. The lowest BCUT2D eigenvalue weighted by atomic mass is 9.92. The number of benzene rings is 1. The molecular weight excluding hydrogens is 549 g/mol. The van der Waals surface area contributed by atoms with Crippen LogP contribution >= 0.6 is 0 Å². The van der Waals surface area contributed by atoms with Crippen molar-refractivity contribution in [3.05, 3.63) is 65.4 Å². The van der Waals surface area contributed by atoms with Gasteiger partial charge in [0.2, 0.25) is 10.0 Å². The maximum absolute atomic E-state index is 13.2. The lowest BCUT2D eigenvalue weighted by molar-refractivity contribution is -0.138. The number of rotatable bonds is 10. The van der Waals surface area contributed by atoms with Gasteiger partial charge in [0.05, 0.1) is 4.90 Å². The summed E-state index contributed by atoms with van der Waals surface area (Å²) < 4.78 is 40.8. The summed E-state index contributed by atoms with van der Waals surface area (Å²) in [6.07, 6.45) is 6.06. The smallest absolute Gasteiger partial charge is 0.323 e. The van der Waals surface area contributed by atoms with E-state index in [0.717, 1.165) is 92.5 Å². The Bertz CT molecular complexity index is 1500. The van der Waals surface area contributed by atoms with Crippen LogP contribution in [0.5, 0.6) is 0 Å². The van der Waals surface area contributed by atoms with E-state index in [2.05, 4.69) is 42.4 Å². The predicted octanol–water partition coefficient (Wildman–Crippen LogP) is 3.16. The molecule has 1 fully saturated rings. The number of piperidine rings is 1. The van der Waals surface area contributed by atoms with E-state index in [1.54, 1.807) is 0 Å². The van der Waals surface area contributed by atoms with Crippen LogP contribution in [-0.4, -0.2) is 66.7 Å². The van der Waals surface area contributed by atoms with Crippen LogP contribution in [0, 0.1) is 5.82 Å². The normalized spacial score (nSPS) is 16.5. The van der Waals surface area contributed by atoms with Crippen LogP contribution in [-0.2, 0) is 27.7 Å². The molecule has 1 saturated heterocycles. The van der Waals surface area contributed by atoms with Crippen LogP contribution in [0.2, 0.25) is 0 Å². The number of hydrogen-bond acceptors (Lipinski definition) is 9. The quantitative estimate of drug-likeness (QED) is 0.280. The van der Waals surface area contributed by atoms with Crippen LogP contribution in [0.25, 0.3) is 0 Å². The number of halogens is 1. The minimum atomic E-state index is -4.19. The summed E-state index contributed by atoms with van der Waals surface area (Å²) in [7, 11) is -4.19. The molecule has 2 aliphatic heterocycles. The van der Waals surface area contributed by atoms with Gasteiger partial charge in [-0.25, -0.2) is 27.8 Å². The Labute approximate surface area is 238 Å².